The number of amides is 1. The highest BCUT2D eigenvalue weighted by molar-refractivity contribution is 5.83. The van der Waals surface area contributed by atoms with E-state index in [2.05, 4.69) is 27.8 Å². The van der Waals surface area contributed by atoms with Gasteiger partial charge in [0.05, 0.1) is 18.3 Å². The number of para-hydroxylation sites is 3. The summed E-state index contributed by atoms with van der Waals surface area (Å²) >= 11 is 0. The number of H-pyrrole nitrogens is 1. The summed E-state index contributed by atoms with van der Waals surface area (Å²) in [6.07, 6.45) is 2.89. The van der Waals surface area contributed by atoms with Crippen molar-refractivity contribution in [2.45, 2.75) is 26.4 Å². The van der Waals surface area contributed by atoms with Crippen LogP contribution in [0, 0.1) is 0 Å². The maximum Gasteiger partial charge on any atom is 0.239 e. The van der Waals surface area contributed by atoms with Crippen LogP contribution in [0.2, 0.25) is 0 Å². The first kappa shape index (κ1) is 17.9. The quantitative estimate of drug-likeness (QED) is 0.579. The Hall–Kier alpha value is -2.95. The number of aromatic nitrogens is 1. The molecule has 0 saturated heterocycles. The fraction of sp³-hybridized carbons (Fsp3) is 0.286. The fourth-order valence-corrected chi connectivity index (χ4v) is 2.88. The Morgan fingerprint density at radius 1 is 1.12 bits per heavy atom. The highest BCUT2D eigenvalue weighted by Crippen LogP contribution is 2.24. The van der Waals surface area contributed by atoms with Gasteiger partial charge in [0.1, 0.15) is 5.75 Å². The molecule has 0 aliphatic heterocycles. The second kappa shape index (κ2) is 8.43. The lowest BCUT2D eigenvalue weighted by Gasteiger charge is -2.15. The minimum Gasteiger partial charge on any atom is -0.489 e. The van der Waals surface area contributed by atoms with Crippen LogP contribution >= 0.6 is 0 Å². The van der Waals surface area contributed by atoms with Crippen molar-refractivity contribution < 1.29 is 9.53 Å². The highest BCUT2D eigenvalue weighted by atomic mass is 16.5. The molecule has 1 amide bonds. The minimum atomic E-state index is -0.0378. The molecule has 3 N–H and O–H groups in total. The number of rotatable bonds is 8. The van der Waals surface area contributed by atoms with Gasteiger partial charge in [0, 0.05) is 23.6 Å². The SMILES string of the molecule is CC(C)Oc1ccccc1NCC(=O)NCCc1c[nH]c2ccccc12. The molecule has 1 heterocycles. The zero-order valence-electron chi connectivity index (χ0n) is 15.2. The molecule has 0 aliphatic rings. The van der Waals surface area contributed by atoms with E-state index in [9.17, 15) is 4.79 Å². The molecule has 3 aromatic rings. The average molecular weight is 351 g/mol. The zero-order chi connectivity index (χ0) is 18.4. The lowest BCUT2D eigenvalue weighted by atomic mass is 10.1. The van der Waals surface area contributed by atoms with Crippen LogP contribution in [-0.2, 0) is 11.2 Å². The monoisotopic (exact) mass is 351 g/mol. The number of ether oxygens (including phenoxy) is 1. The van der Waals surface area contributed by atoms with Crippen LogP contribution in [0.4, 0.5) is 5.69 Å². The Morgan fingerprint density at radius 3 is 2.73 bits per heavy atom. The molecular weight excluding hydrogens is 326 g/mol. The van der Waals surface area contributed by atoms with Gasteiger partial charge in [-0.3, -0.25) is 4.79 Å². The van der Waals surface area contributed by atoms with Crippen molar-refractivity contribution in [1.82, 2.24) is 10.3 Å². The predicted octanol–water partition coefficient (Wildman–Crippen LogP) is 3.73. The van der Waals surface area contributed by atoms with Crippen LogP contribution in [0.25, 0.3) is 10.9 Å². The van der Waals surface area contributed by atoms with Crippen molar-refractivity contribution in [1.29, 1.82) is 0 Å². The van der Waals surface area contributed by atoms with E-state index in [1.165, 1.54) is 10.9 Å². The summed E-state index contributed by atoms with van der Waals surface area (Å²) in [4.78, 5) is 15.4. The predicted molar refractivity (Wildman–Crippen MR) is 106 cm³/mol. The zero-order valence-corrected chi connectivity index (χ0v) is 15.2. The van der Waals surface area contributed by atoms with Crippen LogP contribution < -0.4 is 15.4 Å². The molecule has 0 saturated carbocycles. The number of fused-ring (bicyclic) bond motifs is 1. The van der Waals surface area contributed by atoms with E-state index in [1.54, 1.807) is 0 Å². The summed E-state index contributed by atoms with van der Waals surface area (Å²) in [5, 5.41) is 7.32. The molecule has 0 aliphatic carbocycles. The normalized spacial score (nSPS) is 10.9. The van der Waals surface area contributed by atoms with Gasteiger partial charge in [0.2, 0.25) is 5.91 Å². The van der Waals surface area contributed by atoms with Crippen molar-refractivity contribution in [3.8, 4) is 5.75 Å². The maximum atomic E-state index is 12.1. The number of benzene rings is 2. The molecule has 5 nitrogen and oxygen atoms in total. The lowest BCUT2D eigenvalue weighted by Crippen LogP contribution is -2.31. The largest absolute Gasteiger partial charge is 0.489 e. The molecule has 2 aromatic carbocycles. The lowest BCUT2D eigenvalue weighted by molar-refractivity contribution is -0.119. The van der Waals surface area contributed by atoms with Crippen molar-refractivity contribution in [2.75, 3.05) is 18.4 Å². The smallest absolute Gasteiger partial charge is 0.239 e. The van der Waals surface area contributed by atoms with Gasteiger partial charge in [-0.1, -0.05) is 30.3 Å². The minimum absolute atomic E-state index is 0.0378. The number of carbonyl (C=O) groups is 1. The fourth-order valence-electron chi connectivity index (χ4n) is 2.88. The third kappa shape index (κ3) is 4.57. The molecule has 3 rings (SSSR count). The third-order valence-corrected chi connectivity index (χ3v) is 4.08. The van der Waals surface area contributed by atoms with E-state index in [-0.39, 0.29) is 18.6 Å². The van der Waals surface area contributed by atoms with Gasteiger partial charge in [0.15, 0.2) is 0 Å². The topological polar surface area (TPSA) is 66.2 Å². The molecule has 136 valence electrons. The second-order valence-corrected chi connectivity index (χ2v) is 6.48. The standard InChI is InChI=1S/C21H25N3O2/c1-15(2)26-20-10-6-5-9-19(20)24-14-21(25)22-12-11-16-13-23-18-8-4-3-7-17(16)18/h3-10,13,15,23-24H,11-12,14H2,1-2H3,(H,22,25). The van der Waals surface area contributed by atoms with Crippen molar-refractivity contribution in [2.24, 2.45) is 0 Å². The summed E-state index contributed by atoms with van der Waals surface area (Å²) < 4.78 is 5.75. The summed E-state index contributed by atoms with van der Waals surface area (Å²) in [7, 11) is 0. The van der Waals surface area contributed by atoms with Gasteiger partial charge in [-0.25, -0.2) is 0 Å². The number of aromatic amines is 1. The molecule has 0 radical (unpaired) electrons. The third-order valence-electron chi connectivity index (χ3n) is 4.08. The Morgan fingerprint density at radius 2 is 1.88 bits per heavy atom. The van der Waals surface area contributed by atoms with E-state index in [1.807, 2.05) is 56.4 Å². The van der Waals surface area contributed by atoms with Crippen LogP contribution in [-0.4, -0.2) is 30.1 Å². The van der Waals surface area contributed by atoms with Gasteiger partial charge < -0.3 is 20.4 Å². The molecule has 0 spiro atoms. The molecule has 0 fully saturated rings. The van der Waals surface area contributed by atoms with E-state index >= 15 is 0 Å². The molecule has 0 unspecified atom stereocenters. The van der Waals surface area contributed by atoms with E-state index < -0.39 is 0 Å². The summed E-state index contributed by atoms with van der Waals surface area (Å²) in [6.45, 7) is 4.78. The summed E-state index contributed by atoms with van der Waals surface area (Å²) in [5.41, 5.74) is 3.16. The van der Waals surface area contributed by atoms with Gasteiger partial charge in [-0.05, 0) is 44.0 Å². The van der Waals surface area contributed by atoms with Gasteiger partial charge in [0.25, 0.3) is 0 Å². The molecular formula is C21H25N3O2. The van der Waals surface area contributed by atoms with Gasteiger partial charge >= 0.3 is 0 Å². The molecule has 5 heteroatoms. The molecule has 1 aromatic heterocycles. The van der Waals surface area contributed by atoms with Gasteiger partial charge in [-0.2, -0.15) is 0 Å². The van der Waals surface area contributed by atoms with Crippen LogP contribution in [0.1, 0.15) is 19.4 Å². The Bertz CT molecular complexity index is 870. The second-order valence-electron chi connectivity index (χ2n) is 6.48. The van der Waals surface area contributed by atoms with Crippen molar-refractivity contribution >= 4 is 22.5 Å². The van der Waals surface area contributed by atoms with Gasteiger partial charge in [-0.15, -0.1) is 0 Å². The highest BCUT2D eigenvalue weighted by Gasteiger charge is 2.08. The number of hydrogen-bond acceptors (Lipinski definition) is 3. The molecule has 0 atom stereocenters. The first-order valence-electron chi connectivity index (χ1n) is 8.94. The average Bonchev–Trinajstić information content (AvgIpc) is 3.04. The van der Waals surface area contributed by atoms with E-state index in [4.69, 9.17) is 4.74 Å². The number of hydrogen-bond donors (Lipinski definition) is 3. The Balaban J connectivity index is 1.48. The van der Waals surface area contributed by atoms with Crippen LogP contribution in [0.5, 0.6) is 5.75 Å². The number of carbonyl (C=O) groups excluding carboxylic acids is 1. The summed E-state index contributed by atoms with van der Waals surface area (Å²) in [6, 6.07) is 15.8. The number of anilines is 1. The van der Waals surface area contributed by atoms with Crippen molar-refractivity contribution in [3.63, 3.8) is 0 Å². The first-order chi connectivity index (χ1) is 12.6. The van der Waals surface area contributed by atoms with E-state index in [0.29, 0.717) is 6.54 Å². The van der Waals surface area contributed by atoms with Crippen LogP contribution in [0.15, 0.2) is 54.7 Å². The van der Waals surface area contributed by atoms with Crippen molar-refractivity contribution in [3.05, 3.63) is 60.3 Å². The Kier molecular flexibility index (Phi) is 5.79. The first-order valence-corrected chi connectivity index (χ1v) is 8.94. The van der Waals surface area contributed by atoms with Crippen LogP contribution in [0.3, 0.4) is 0 Å². The Labute approximate surface area is 153 Å². The number of nitrogens with one attached hydrogen (secondary N) is 3. The molecule has 0 bridgehead atoms. The maximum absolute atomic E-state index is 12.1. The summed E-state index contributed by atoms with van der Waals surface area (Å²) in [5.74, 6) is 0.721. The molecule has 26 heavy (non-hydrogen) atoms. The van der Waals surface area contributed by atoms with E-state index in [0.717, 1.165) is 23.4 Å².